The van der Waals surface area contributed by atoms with E-state index in [-0.39, 0.29) is 11.1 Å². The largest absolute Gasteiger partial charge is 0.497 e. The highest BCUT2D eigenvalue weighted by atomic mass is 16.5. The molecule has 0 aliphatic carbocycles. The van der Waals surface area contributed by atoms with Crippen molar-refractivity contribution in [2.45, 2.75) is 20.3 Å². The van der Waals surface area contributed by atoms with E-state index in [9.17, 15) is 9.59 Å². The molecule has 0 amide bonds. The number of methoxy groups -OCH3 is 4. The van der Waals surface area contributed by atoms with Crippen LogP contribution in [0.25, 0.3) is 0 Å². The van der Waals surface area contributed by atoms with E-state index < -0.39 is 11.9 Å². The Labute approximate surface area is 235 Å². The fourth-order valence-corrected chi connectivity index (χ4v) is 3.82. The van der Waals surface area contributed by atoms with Gasteiger partial charge in [-0.1, -0.05) is 47.5 Å². The van der Waals surface area contributed by atoms with Crippen molar-refractivity contribution in [1.82, 2.24) is 0 Å². The number of carbonyl (C=O) groups excluding carboxylic acids is 2. The van der Waals surface area contributed by atoms with Crippen LogP contribution < -0.4 is 14.2 Å². The minimum Gasteiger partial charge on any atom is -0.497 e. The Balaban J connectivity index is 0.000000415. The number of aryl methyl sites for hydroxylation is 2. The molecule has 208 valence electrons. The molecule has 4 aromatic carbocycles. The maximum Gasteiger partial charge on any atom is 0.341 e. The molecule has 0 spiro atoms. The summed E-state index contributed by atoms with van der Waals surface area (Å²) in [4.78, 5) is 24.6. The molecule has 0 saturated carbocycles. The second kappa shape index (κ2) is 14.4. The zero-order chi connectivity index (χ0) is 29.1. The molecule has 0 fully saturated rings. The first-order chi connectivity index (χ1) is 19.3. The van der Waals surface area contributed by atoms with Crippen molar-refractivity contribution >= 4 is 11.9 Å². The van der Waals surface area contributed by atoms with E-state index in [1.165, 1.54) is 19.8 Å². The lowest BCUT2D eigenvalue weighted by Gasteiger charge is -2.14. The van der Waals surface area contributed by atoms with Crippen molar-refractivity contribution in [2.24, 2.45) is 0 Å². The summed E-state index contributed by atoms with van der Waals surface area (Å²) in [6.07, 6.45) is 0.617. The van der Waals surface area contributed by atoms with Gasteiger partial charge in [0.05, 0.1) is 28.4 Å². The fraction of sp³-hybridized carbons (Fsp3) is 0.212. The van der Waals surface area contributed by atoms with Gasteiger partial charge in [-0.15, -0.1) is 0 Å². The predicted octanol–water partition coefficient (Wildman–Crippen LogP) is 6.96. The van der Waals surface area contributed by atoms with E-state index in [0.717, 1.165) is 28.2 Å². The highest BCUT2D eigenvalue weighted by molar-refractivity contribution is 5.94. The van der Waals surface area contributed by atoms with Crippen molar-refractivity contribution in [3.8, 4) is 23.0 Å². The van der Waals surface area contributed by atoms with Gasteiger partial charge in [0.2, 0.25) is 0 Å². The van der Waals surface area contributed by atoms with Crippen molar-refractivity contribution < 1.29 is 33.3 Å². The molecule has 0 bridgehead atoms. The van der Waals surface area contributed by atoms with Gasteiger partial charge in [-0.2, -0.15) is 0 Å². The highest BCUT2D eigenvalue weighted by Gasteiger charge is 2.19. The van der Waals surface area contributed by atoms with E-state index >= 15 is 0 Å². The first-order valence-corrected chi connectivity index (χ1v) is 12.6. The molecule has 0 saturated heterocycles. The molecule has 4 rings (SSSR count). The number of ether oxygens (including phenoxy) is 5. The maximum absolute atomic E-state index is 12.4. The summed E-state index contributed by atoms with van der Waals surface area (Å²) in [5, 5.41) is 0. The normalized spacial score (nSPS) is 10.1. The Hall–Kier alpha value is -4.78. The zero-order valence-electron chi connectivity index (χ0n) is 23.6. The van der Waals surface area contributed by atoms with Crippen LogP contribution in [-0.4, -0.2) is 40.4 Å². The van der Waals surface area contributed by atoms with Crippen molar-refractivity contribution in [1.29, 1.82) is 0 Å². The van der Waals surface area contributed by atoms with Gasteiger partial charge >= 0.3 is 11.9 Å². The number of hydrogen-bond acceptors (Lipinski definition) is 7. The predicted molar refractivity (Wildman–Crippen MR) is 154 cm³/mol. The second-order valence-corrected chi connectivity index (χ2v) is 8.96. The average Bonchev–Trinajstić information content (AvgIpc) is 2.99. The second-order valence-electron chi connectivity index (χ2n) is 8.96. The third kappa shape index (κ3) is 8.11. The summed E-state index contributed by atoms with van der Waals surface area (Å²) >= 11 is 0. The molecule has 0 aromatic heterocycles. The molecular weight excluding hydrogens is 508 g/mol. The zero-order valence-corrected chi connectivity index (χ0v) is 23.6. The van der Waals surface area contributed by atoms with Crippen LogP contribution in [0.4, 0.5) is 0 Å². The first-order valence-electron chi connectivity index (χ1n) is 12.6. The third-order valence-electron chi connectivity index (χ3n) is 6.03. The van der Waals surface area contributed by atoms with Gasteiger partial charge in [0.1, 0.15) is 34.1 Å². The van der Waals surface area contributed by atoms with Gasteiger partial charge in [-0.05, 0) is 79.9 Å². The summed E-state index contributed by atoms with van der Waals surface area (Å²) in [7, 11) is 5.91. The van der Waals surface area contributed by atoms with Crippen LogP contribution in [0.5, 0.6) is 23.0 Å². The fourth-order valence-electron chi connectivity index (χ4n) is 3.82. The van der Waals surface area contributed by atoms with Gasteiger partial charge in [-0.3, -0.25) is 0 Å². The molecular formula is C33H34O7. The first kappa shape index (κ1) is 29.8. The topological polar surface area (TPSA) is 80.3 Å². The van der Waals surface area contributed by atoms with E-state index in [4.69, 9.17) is 23.7 Å². The lowest BCUT2D eigenvalue weighted by atomic mass is 10.0. The van der Waals surface area contributed by atoms with Gasteiger partial charge in [0.25, 0.3) is 0 Å². The van der Waals surface area contributed by atoms with E-state index in [1.807, 2.05) is 67.6 Å². The van der Waals surface area contributed by atoms with Gasteiger partial charge in [-0.25, -0.2) is 9.59 Å². The van der Waals surface area contributed by atoms with Crippen molar-refractivity contribution in [2.75, 3.05) is 28.4 Å². The summed E-state index contributed by atoms with van der Waals surface area (Å²) in [6.45, 7) is 3.92. The smallest absolute Gasteiger partial charge is 0.341 e. The lowest BCUT2D eigenvalue weighted by Crippen LogP contribution is -2.08. The van der Waals surface area contributed by atoms with Crippen LogP contribution in [-0.2, 0) is 15.9 Å². The van der Waals surface area contributed by atoms with E-state index in [2.05, 4.69) is 6.92 Å². The summed E-state index contributed by atoms with van der Waals surface area (Å²) in [5.41, 5.74) is 4.67. The number of benzene rings is 4. The van der Waals surface area contributed by atoms with Crippen molar-refractivity contribution in [3.05, 3.63) is 118 Å². The summed E-state index contributed by atoms with van der Waals surface area (Å²) in [5.74, 6) is 1.24. The minimum absolute atomic E-state index is 0.268. The summed E-state index contributed by atoms with van der Waals surface area (Å²) in [6, 6.07) is 26.2. The van der Waals surface area contributed by atoms with Gasteiger partial charge < -0.3 is 23.7 Å². The molecule has 0 unspecified atom stereocenters. The monoisotopic (exact) mass is 542 g/mol. The number of rotatable bonds is 8. The Kier molecular flexibility index (Phi) is 10.7. The van der Waals surface area contributed by atoms with Crippen molar-refractivity contribution in [3.63, 3.8) is 0 Å². The molecule has 40 heavy (non-hydrogen) atoms. The van der Waals surface area contributed by atoms with E-state index in [1.54, 1.807) is 38.5 Å². The van der Waals surface area contributed by atoms with E-state index in [0.29, 0.717) is 17.9 Å². The Morgan fingerprint density at radius 1 is 0.550 bits per heavy atom. The number of carbonyl (C=O) groups is 2. The molecule has 0 N–H and O–H groups in total. The highest BCUT2D eigenvalue weighted by Crippen LogP contribution is 2.31. The molecule has 0 aliphatic rings. The Morgan fingerprint density at radius 3 is 1.52 bits per heavy atom. The van der Waals surface area contributed by atoms with Gasteiger partial charge in [0.15, 0.2) is 0 Å². The van der Waals surface area contributed by atoms with Gasteiger partial charge in [0, 0.05) is 0 Å². The average molecular weight is 543 g/mol. The quantitative estimate of drug-likeness (QED) is 0.223. The molecule has 4 aromatic rings. The molecule has 0 heterocycles. The van der Waals surface area contributed by atoms with Crippen LogP contribution in [0.3, 0.4) is 0 Å². The van der Waals surface area contributed by atoms with Crippen LogP contribution in [0.1, 0.15) is 43.0 Å². The van der Waals surface area contributed by atoms with Crippen LogP contribution >= 0.6 is 0 Å². The Bertz CT molecular complexity index is 1420. The minimum atomic E-state index is -0.529. The maximum atomic E-state index is 12.4. The molecule has 7 heteroatoms. The molecule has 0 atom stereocenters. The molecule has 0 aliphatic heterocycles. The third-order valence-corrected chi connectivity index (χ3v) is 6.03. The van der Waals surface area contributed by atoms with Crippen LogP contribution in [0.2, 0.25) is 0 Å². The number of hydrogen-bond donors (Lipinski definition) is 0. The Morgan fingerprint density at radius 2 is 1.00 bits per heavy atom. The number of esters is 2. The molecule has 7 nitrogen and oxygen atoms in total. The summed E-state index contributed by atoms with van der Waals surface area (Å²) < 4.78 is 25.9. The van der Waals surface area contributed by atoms with Crippen LogP contribution in [0, 0.1) is 13.8 Å². The van der Waals surface area contributed by atoms with Crippen LogP contribution in [0.15, 0.2) is 84.9 Å². The standard InChI is InChI=1S/C25H24O6.C8H10O/c1-16-5-11-22(20(13-16)24(26)29-3)31-23-12-8-18(15-21(23)25(27)30-4)14-17-6-9-19(28-2)10-7-17;1-7-3-5-8(9-2)6-4-7/h5-13,15H,14H2,1-4H3;3-6H,1-2H3. The SMILES string of the molecule is COC(=O)c1cc(C)ccc1Oc1ccc(Cc2ccc(OC)cc2)cc1C(=O)OC.COc1ccc(C)cc1. The molecule has 0 radical (unpaired) electrons. The lowest BCUT2D eigenvalue weighted by molar-refractivity contribution is 0.0593.